The fourth-order valence-corrected chi connectivity index (χ4v) is 8.89. The van der Waals surface area contributed by atoms with Crippen molar-refractivity contribution in [2.45, 2.75) is 65.0 Å². The molecule has 0 bridgehead atoms. The van der Waals surface area contributed by atoms with Crippen molar-refractivity contribution in [3.05, 3.63) is 96.0 Å². The summed E-state index contributed by atoms with van der Waals surface area (Å²) in [5.41, 5.74) is 7.94. The van der Waals surface area contributed by atoms with Crippen LogP contribution in [0.3, 0.4) is 0 Å². The smallest absolute Gasteiger partial charge is 0.328 e. The molecule has 0 unspecified atom stereocenters. The lowest BCUT2D eigenvalue weighted by Gasteiger charge is -2.40. The summed E-state index contributed by atoms with van der Waals surface area (Å²) < 4.78 is 5.22. The zero-order valence-electron chi connectivity index (χ0n) is 36.7. The number of piperidine rings is 1. The number of pyridine rings is 1. The normalized spacial score (nSPS) is 17.2. The molecule has 4 aromatic heterocycles. The number of amides is 4. The summed E-state index contributed by atoms with van der Waals surface area (Å²) in [6.07, 6.45) is 6.07. The molecule has 3 fully saturated rings. The molecule has 0 aliphatic carbocycles. The van der Waals surface area contributed by atoms with Crippen molar-refractivity contribution in [1.29, 1.82) is 0 Å². The molecule has 4 amide bonds. The van der Waals surface area contributed by atoms with Gasteiger partial charge in [0.1, 0.15) is 12.0 Å². The number of anilines is 3. The second-order valence-corrected chi connectivity index (χ2v) is 18.0. The van der Waals surface area contributed by atoms with Gasteiger partial charge >= 0.3 is 17.8 Å². The van der Waals surface area contributed by atoms with E-state index in [1.54, 1.807) is 4.90 Å². The van der Waals surface area contributed by atoms with Crippen molar-refractivity contribution in [2.75, 3.05) is 67.1 Å². The first-order valence-electron chi connectivity index (χ1n) is 22.0. The number of nitrogens with zero attached hydrogens (tertiary/aromatic N) is 9. The Labute approximate surface area is 371 Å². The van der Waals surface area contributed by atoms with E-state index < -0.39 is 11.9 Å². The molecule has 7 heterocycles. The average Bonchev–Trinajstić information content (AvgIpc) is 3.99. The van der Waals surface area contributed by atoms with Gasteiger partial charge in [-0.2, -0.15) is 4.98 Å². The molecule has 3 aliphatic rings. The second-order valence-electron chi connectivity index (χ2n) is 18.0. The topological polar surface area (TPSA) is 202 Å². The van der Waals surface area contributed by atoms with Gasteiger partial charge in [-0.1, -0.05) is 38.1 Å². The van der Waals surface area contributed by atoms with Crippen LogP contribution in [0.5, 0.6) is 0 Å². The van der Waals surface area contributed by atoms with Crippen LogP contribution in [0.25, 0.3) is 33.7 Å². The third-order valence-corrected chi connectivity index (χ3v) is 12.6. The molecule has 332 valence electrons. The highest BCUT2D eigenvalue weighted by atomic mass is 16.5. The van der Waals surface area contributed by atoms with E-state index in [-0.39, 0.29) is 29.9 Å². The van der Waals surface area contributed by atoms with Crippen molar-refractivity contribution >= 4 is 45.9 Å². The van der Waals surface area contributed by atoms with Gasteiger partial charge in [-0.3, -0.25) is 29.7 Å². The number of hydrogen-bond acceptors (Lipinski definition) is 13. The van der Waals surface area contributed by atoms with Gasteiger partial charge < -0.3 is 29.7 Å². The van der Waals surface area contributed by atoms with Gasteiger partial charge in [-0.05, 0) is 85.3 Å². The summed E-state index contributed by atoms with van der Waals surface area (Å²) in [4.78, 5) is 67.5. The number of carbonyl (C=O) groups is 3. The Bertz CT molecular complexity index is 2640. The van der Waals surface area contributed by atoms with Crippen LogP contribution in [0.1, 0.15) is 80.6 Å². The number of benzene rings is 2. The summed E-state index contributed by atoms with van der Waals surface area (Å²) in [6.45, 7) is 14.9. The quantitative estimate of drug-likeness (QED) is 0.121. The Hall–Kier alpha value is -6.72. The van der Waals surface area contributed by atoms with E-state index >= 15 is 0 Å². The molecule has 0 saturated carbocycles. The summed E-state index contributed by atoms with van der Waals surface area (Å²) in [5, 5.41) is 20.5. The maximum absolute atomic E-state index is 13.0. The van der Waals surface area contributed by atoms with Crippen LogP contribution in [0, 0.1) is 5.92 Å². The minimum Gasteiger partial charge on any atom is -0.392 e. The van der Waals surface area contributed by atoms with E-state index in [2.05, 4.69) is 68.6 Å². The van der Waals surface area contributed by atoms with Gasteiger partial charge in [0.2, 0.25) is 5.91 Å². The summed E-state index contributed by atoms with van der Waals surface area (Å²) in [7, 11) is 0. The van der Waals surface area contributed by atoms with Crippen LogP contribution in [0.2, 0.25) is 0 Å². The fraction of sp³-hybridized carbons (Fsp3) is 0.404. The van der Waals surface area contributed by atoms with Crippen molar-refractivity contribution in [1.82, 2.24) is 45.6 Å². The molecule has 64 heavy (non-hydrogen) atoms. The number of urea groups is 1. The number of aromatic amines is 1. The summed E-state index contributed by atoms with van der Waals surface area (Å²) >= 11 is 0. The number of fused-ring (bicyclic) bond motifs is 1. The first-order chi connectivity index (χ1) is 30.9. The highest BCUT2D eigenvalue weighted by Gasteiger charge is 2.28. The number of imide groups is 1. The van der Waals surface area contributed by atoms with E-state index in [1.165, 1.54) is 12.0 Å². The lowest BCUT2D eigenvalue weighted by molar-refractivity contribution is -0.120. The Morgan fingerprint density at radius 2 is 1.62 bits per heavy atom. The standard InChI is InChI=1S/C47H54N12O5/c1-29(51-43(62)44-54-45(55-64-44)47(2,3)4)36-11-5-31(23-32(36)27-60)41-37-24-39(52-42(37)50-28-49-41)38-12-10-35(25-48-38)58-21-19-56(20-22-58)26-30-13-16-57(17-14-30)33-6-8-34(9-7-33)59-18-15-40(61)53-46(59)63/h5-12,23-25,28-30,60H,13-22,26-27H2,1-4H3,(H,51,62)(H,49,50,52)(H,53,61,63)/t29-/m1/s1. The van der Waals surface area contributed by atoms with E-state index in [9.17, 15) is 19.5 Å². The number of carbonyl (C=O) groups excluding carboxylic acids is 3. The molecule has 0 spiro atoms. The van der Waals surface area contributed by atoms with Crippen LogP contribution in [-0.2, 0) is 16.8 Å². The number of H-pyrrole nitrogens is 1. The molecule has 9 rings (SSSR count). The van der Waals surface area contributed by atoms with Gasteiger partial charge in [0.15, 0.2) is 5.82 Å². The Morgan fingerprint density at radius 1 is 0.891 bits per heavy atom. The monoisotopic (exact) mass is 866 g/mol. The first-order valence-corrected chi connectivity index (χ1v) is 22.0. The molecule has 17 nitrogen and oxygen atoms in total. The van der Waals surface area contributed by atoms with E-state index in [0.717, 1.165) is 97.9 Å². The number of rotatable bonds is 11. The number of aliphatic hydroxyl groups is 1. The maximum atomic E-state index is 13.0. The predicted octanol–water partition coefficient (Wildman–Crippen LogP) is 5.84. The highest BCUT2D eigenvalue weighted by molar-refractivity contribution is 6.05. The van der Waals surface area contributed by atoms with Gasteiger partial charge in [-0.15, -0.1) is 0 Å². The molecule has 4 N–H and O–H groups in total. The average molecular weight is 867 g/mol. The lowest BCUT2D eigenvalue weighted by atomic mass is 9.95. The van der Waals surface area contributed by atoms with Gasteiger partial charge in [0.05, 0.1) is 41.6 Å². The molecular formula is C47H54N12O5. The minimum atomic E-state index is -0.486. The SMILES string of the molecule is C[C@@H](NC(=O)c1nc(C(C)(C)C)no1)c1ccc(-c2ncnc3[nH]c(-c4ccc(N5CCN(CC6CCN(c7ccc(N8CCC(=O)NC8=O)cc7)CC6)CC5)cn4)cc23)cc1CO. The zero-order chi connectivity index (χ0) is 44.5. The van der Waals surface area contributed by atoms with Crippen LogP contribution >= 0.6 is 0 Å². The number of hydrogen-bond donors (Lipinski definition) is 4. The first kappa shape index (κ1) is 42.6. The minimum absolute atomic E-state index is 0.108. The van der Waals surface area contributed by atoms with Crippen molar-refractivity contribution in [3.63, 3.8) is 0 Å². The Balaban J connectivity index is 0.778. The third kappa shape index (κ3) is 9.03. The van der Waals surface area contributed by atoms with Crippen LogP contribution < -0.4 is 25.3 Å². The molecule has 2 aromatic carbocycles. The van der Waals surface area contributed by atoms with Crippen LogP contribution in [0.15, 0.2) is 77.7 Å². The van der Waals surface area contributed by atoms with Crippen LogP contribution in [0.4, 0.5) is 21.9 Å². The predicted molar refractivity (Wildman–Crippen MR) is 243 cm³/mol. The molecule has 3 aliphatic heterocycles. The molecule has 1 atom stereocenters. The number of nitrogens with one attached hydrogen (secondary N) is 3. The fourth-order valence-electron chi connectivity index (χ4n) is 8.89. The van der Waals surface area contributed by atoms with E-state index in [1.807, 2.05) is 76.4 Å². The Morgan fingerprint density at radius 3 is 2.31 bits per heavy atom. The van der Waals surface area contributed by atoms with Crippen molar-refractivity contribution < 1.29 is 24.0 Å². The van der Waals surface area contributed by atoms with E-state index in [4.69, 9.17) is 9.51 Å². The second kappa shape index (κ2) is 17.8. The van der Waals surface area contributed by atoms with Crippen LogP contribution in [-0.4, -0.2) is 110 Å². The lowest BCUT2D eigenvalue weighted by Crippen LogP contribution is -2.49. The van der Waals surface area contributed by atoms with Crippen molar-refractivity contribution in [3.8, 4) is 22.6 Å². The van der Waals surface area contributed by atoms with Gasteiger partial charge in [0.25, 0.3) is 0 Å². The largest absolute Gasteiger partial charge is 0.392 e. The molecule has 3 saturated heterocycles. The number of aromatic nitrogens is 6. The van der Waals surface area contributed by atoms with Gasteiger partial charge in [0, 0.05) is 86.5 Å². The Kier molecular flexibility index (Phi) is 11.8. The van der Waals surface area contributed by atoms with Crippen molar-refractivity contribution in [2.24, 2.45) is 5.92 Å². The molecule has 6 aromatic rings. The molecular weight excluding hydrogens is 813 g/mol. The number of aliphatic hydroxyl groups excluding tert-OH is 1. The number of piperazine rings is 1. The maximum Gasteiger partial charge on any atom is 0.328 e. The summed E-state index contributed by atoms with van der Waals surface area (Å²) in [6, 6.07) is 19.2. The third-order valence-electron chi connectivity index (χ3n) is 12.6. The van der Waals surface area contributed by atoms with E-state index in [0.29, 0.717) is 41.6 Å². The highest BCUT2D eigenvalue weighted by Crippen LogP contribution is 2.33. The zero-order valence-corrected chi connectivity index (χ0v) is 36.7. The van der Waals surface area contributed by atoms with Gasteiger partial charge in [-0.25, -0.2) is 14.8 Å². The molecule has 0 radical (unpaired) electrons. The molecule has 17 heteroatoms. The summed E-state index contributed by atoms with van der Waals surface area (Å²) in [5.74, 6) is 0.286.